The van der Waals surface area contributed by atoms with Crippen LogP contribution >= 0.6 is 22.7 Å². The minimum Gasteiger partial charge on any atom is -0.331 e. The average molecular weight is 587 g/mol. The zero-order chi connectivity index (χ0) is 28.3. The third kappa shape index (κ3) is 3.12. The van der Waals surface area contributed by atoms with Gasteiger partial charge in [0.05, 0.1) is 20.6 Å². The highest BCUT2D eigenvalue weighted by Gasteiger charge is 2.46. The molecule has 2 atom stereocenters. The molecular weight excluding hydrogens is 561 g/mol. The molecule has 5 aromatic carbocycles. The van der Waals surface area contributed by atoms with Gasteiger partial charge in [0.1, 0.15) is 0 Å². The molecule has 2 nitrogen and oxygen atoms in total. The van der Waals surface area contributed by atoms with Gasteiger partial charge in [-0.3, -0.25) is 0 Å². The van der Waals surface area contributed by atoms with Crippen LogP contribution in [0.2, 0.25) is 0 Å². The number of hydrogen-bond acceptors (Lipinski definition) is 3. The topological polar surface area (TPSA) is 8.17 Å². The molecule has 204 valence electrons. The smallest absolute Gasteiger partial charge is 0.0890 e. The molecule has 2 unspecified atom stereocenters. The van der Waals surface area contributed by atoms with Crippen molar-refractivity contribution in [1.82, 2.24) is 4.57 Å². The summed E-state index contributed by atoms with van der Waals surface area (Å²) < 4.78 is 6.51. The maximum absolute atomic E-state index is 2.55. The Morgan fingerprint density at radius 2 is 1.26 bits per heavy atom. The summed E-state index contributed by atoms with van der Waals surface area (Å²) in [7, 11) is 0. The maximum atomic E-state index is 2.55. The number of aromatic nitrogens is 1. The van der Waals surface area contributed by atoms with Crippen LogP contribution in [0.15, 0.2) is 133 Å². The van der Waals surface area contributed by atoms with Crippen molar-refractivity contribution in [2.45, 2.75) is 18.4 Å². The molecule has 0 N–H and O–H groups in total. The highest BCUT2D eigenvalue weighted by Crippen LogP contribution is 2.55. The first kappa shape index (κ1) is 23.9. The maximum Gasteiger partial charge on any atom is 0.0890 e. The summed E-state index contributed by atoms with van der Waals surface area (Å²) in [6.07, 6.45) is 9.13. The zero-order valence-corrected chi connectivity index (χ0v) is 25.1. The molecule has 0 saturated carbocycles. The molecule has 0 radical (unpaired) electrons. The van der Waals surface area contributed by atoms with Crippen LogP contribution in [0.3, 0.4) is 0 Å². The van der Waals surface area contributed by atoms with E-state index in [0.717, 1.165) is 0 Å². The van der Waals surface area contributed by atoms with E-state index in [0.29, 0.717) is 5.92 Å². The van der Waals surface area contributed by atoms with E-state index in [4.69, 9.17) is 0 Å². The Labute approximate surface area is 257 Å². The van der Waals surface area contributed by atoms with E-state index in [1.807, 2.05) is 22.7 Å². The Kier molecular flexibility index (Phi) is 4.70. The van der Waals surface area contributed by atoms with Gasteiger partial charge in [-0.25, -0.2) is 0 Å². The van der Waals surface area contributed by atoms with Gasteiger partial charge >= 0.3 is 0 Å². The molecule has 8 aromatic rings. The molecule has 2 aliphatic rings. The fraction of sp³-hybridized carbons (Fsp3) is 0.0769. The molecule has 0 spiro atoms. The Balaban J connectivity index is 1.13. The standard InChI is InChI=1S/C39H26N2S2/c1-39-21-9-8-13-31(39)28-12-4-7-16-34(28)41(39)25-18-20-30-36(23-25)43-38-37(30)29-19-17-24(22-35(29)42-38)40-32-14-5-2-10-26(32)27-11-3-6-15-33(27)40/h2-23,31H,1H3. The van der Waals surface area contributed by atoms with Gasteiger partial charge in [-0.15, -0.1) is 22.7 Å². The molecule has 1 aliphatic heterocycles. The summed E-state index contributed by atoms with van der Waals surface area (Å²) in [6, 6.07) is 40.5. The van der Waals surface area contributed by atoms with Gasteiger partial charge in [0, 0.05) is 59.3 Å². The van der Waals surface area contributed by atoms with Gasteiger partial charge in [0.2, 0.25) is 0 Å². The Morgan fingerprint density at radius 3 is 2.00 bits per heavy atom. The zero-order valence-electron chi connectivity index (χ0n) is 23.5. The van der Waals surface area contributed by atoms with Crippen LogP contribution in [-0.2, 0) is 0 Å². The van der Waals surface area contributed by atoms with Gasteiger partial charge in [-0.05, 0) is 55.0 Å². The average Bonchev–Trinajstić information content (AvgIpc) is 3.75. The third-order valence-electron chi connectivity index (χ3n) is 9.65. The summed E-state index contributed by atoms with van der Waals surface area (Å²) in [5, 5.41) is 6.70. The van der Waals surface area contributed by atoms with E-state index >= 15 is 0 Å². The van der Waals surface area contributed by atoms with Crippen LogP contribution in [-0.4, -0.2) is 10.1 Å². The van der Waals surface area contributed by atoms with Crippen LogP contribution in [0.1, 0.15) is 18.4 Å². The number of allylic oxidation sites excluding steroid dienone is 2. The molecule has 43 heavy (non-hydrogen) atoms. The SMILES string of the molecule is CC12C=CC=CC1c1ccccc1N2c1ccc2c(c1)sc1sc3cc(-n4c5ccccc5c5ccccc54)ccc3c12. The van der Waals surface area contributed by atoms with Gasteiger partial charge in [-0.2, -0.15) is 0 Å². The summed E-state index contributed by atoms with van der Waals surface area (Å²) in [5.74, 6) is 0.351. The Bertz CT molecular complexity index is 2450. The van der Waals surface area contributed by atoms with Crippen LogP contribution in [0.5, 0.6) is 0 Å². The normalized spacial score (nSPS) is 19.4. The number of fused-ring (bicyclic) bond motifs is 11. The van der Waals surface area contributed by atoms with Crippen molar-refractivity contribution in [3.8, 4) is 5.69 Å². The number of thiophene rings is 2. The lowest BCUT2D eigenvalue weighted by Gasteiger charge is -2.39. The van der Waals surface area contributed by atoms with Crippen LogP contribution in [0.25, 0.3) is 57.1 Å². The molecule has 10 rings (SSSR count). The fourth-order valence-corrected chi connectivity index (χ4v) is 10.4. The second-order valence-electron chi connectivity index (χ2n) is 11.9. The molecule has 4 heteroatoms. The number of benzene rings is 5. The first-order chi connectivity index (χ1) is 21.2. The van der Waals surface area contributed by atoms with Crippen molar-refractivity contribution in [3.05, 3.63) is 139 Å². The van der Waals surface area contributed by atoms with Crippen molar-refractivity contribution < 1.29 is 0 Å². The van der Waals surface area contributed by atoms with E-state index in [9.17, 15) is 0 Å². The monoisotopic (exact) mass is 586 g/mol. The lowest BCUT2D eigenvalue weighted by atomic mass is 9.80. The van der Waals surface area contributed by atoms with E-state index in [1.54, 1.807) is 0 Å². The van der Waals surface area contributed by atoms with Crippen molar-refractivity contribution in [2.24, 2.45) is 0 Å². The summed E-state index contributed by atoms with van der Waals surface area (Å²) >= 11 is 3.86. The minimum absolute atomic E-state index is 0.114. The molecule has 0 bridgehead atoms. The first-order valence-electron chi connectivity index (χ1n) is 14.8. The van der Waals surface area contributed by atoms with Crippen LogP contribution in [0.4, 0.5) is 11.4 Å². The molecule has 3 aromatic heterocycles. The third-order valence-corrected chi connectivity index (χ3v) is 12.0. The number of rotatable bonds is 2. The largest absolute Gasteiger partial charge is 0.331 e. The van der Waals surface area contributed by atoms with Crippen LogP contribution < -0.4 is 4.90 Å². The Hall–Kier alpha value is -4.64. The van der Waals surface area contributed by atoms with E-state index in [1.165, 1.54) is 74.0 Å². The Morgan fingerprint density at radius 1 is 0.628 bits per heavy atom. The summed E-state index contributed by atoms with van der Waals surface area (Å²) in [6.45, 7) is 2.37. The molecule has 0 fully saturated rings. The van der Waals surface area contributed by atoms with Crippen molar-refractivity contribution in [1.29, 1.82) is 0 Å². The van der Waals surface area contributed by atoms with E-state index in [2.05, 4.69) is 150 Å². The van der Waals surface area contributed by atoms with Gasteiger partial charge in [0.25, 0.3) is 0 Å². The second kappa shape index (κ2) is 8.47. The molecular formula is C39H26N2S2. The van der Waals surface area contributed by atoms with Crippen LogP contribution in [0, 0.1) is 0 Å². The predicted octanol–water partition coefficient (Wildman–Crippen LogP) is 11.5. The van der Waals surface area contributed by atoms with E-state index < -0.39 is 0 Å². The highest BCUT2D eigenvalue weighted by atomic mass is 32.2. The lowest BCUT2D eigenvalue weighted by Crippen LogP contribution is -2.41. The first-order valence-corrected chi connectivity index (χ1v) is 16.4. The predicted molar refractivity (Wildman–Crippen MR) is 187 cm³/mol. The van der Waals surface area contributed by atoms with Crippen molar-refractivity contribution >= 4 is 85.4 Å². The minimum atomic E-state index is -0.114. The number of anilines is 2. The number of para-hydroxylation sites is 3. The van der Waals surface area contributed by atoms with Crippen molar-refractivity contribution in [3.63, 3.8) is 0 Å². The quantitative estimate of drug-likeness (QED) is 0.196. The summed E-state index contributed by atoms with van der Waals surface area (Å²) in [5.41, 5.74) is 7.59. The molecule has 0 saturated heterocycles. The lowest BCUT2D eigenvalue weighted by molar-refractivity contribution is 0.542. The number of hydrogen-bond donors (Lipinski definition) is 0. The van der Waals surface area contributed by atoms with E-state index in [-0.39, 0.29) is 5.54 Å². The highest BCUT2D eigenvalue weighted by molar-refractivity contribution is 7.44. The van der Waals surface area contributed by atoms with Gasteiger partial charge in [-0.1, -0.05) is 91.0 Å². The summed E-state index contributed by atoms with van der Waals surface area (Å²) in [4.78, 5) is 2.55. The van der Waals surface area contributed by atoms with Gasteiger partial charge < -0.3 is 9.47 Å². The fourth-order valence-electron chi connectivity index (χ4n) is 7.76. The number of nitrogens with zero attached hydrogens (tertiary/aromatic N) is 2. The molecule has 0 amide bonds. The molecule has 1 aliphatic carbocycles. The van der Waals surface area contributed by atoms with Crippen molar-refractivity contribution in [2.75, 3.05) is 4.90 Å². The molecule has 4 heterocycles. The second-order valence-corrected chi connectivity index (χ2v) is 14.3. The van der Waals surface area contributed by atoms with Gasteiger partial charge in [0.15, 0.2) is 0 Å².